The third-order valence-corrected chi connectivity index (χ3v) is 5.21. The summed E-state index contributed by atoms with van der Waals surface area (Å²) >= 11 is 0. The van der Waals surface area contributed by atoms with Gasteiger partial charge in [0.25, 0.3) is 5.91 Å². The van der Waals surface area contributed by atoms with Crippen molar-refractivity contribution < 1.29 is 24.2 Å². The summed E-state index contributed by atoms with van der Waals surface area (Å²) in [6.45, 7) is 10.7. The standard InChI is InChI=1S/C23H43NO5/c1-6-8-9-10-11-12-13-14-15-16-20(29-21(26)18(3)4)23(7-2,22(24)27)28-17-19(5)25/h19-20,25H,3,6-17H2,1-2,4-5H3,(H2,24,27). The molecule has 0 aliphatic heterocycles. The molecule has 0 aliphatic carbocycles. The Hall–Kier alpha value is -1.40. The zero-order valence-corrected chi connectivity index (χ0v) is 19.0. The second-order valence-electron chi connectivity index (χ2n) is 8.06. The molecule has 170 valence electrons. The van der Waals surface area contributed by atoms with E-state index in [-0.39, 0.29) is 18.6 Å². The van der Waals surface area contributed by atoms with Gasteiger partial charge in [0.05, 0.1) is 12.7 Å². The fourth-order valence-electron chi connectivity index (χ4n) is 3.35. The summed E-state index contributed by atoms with van der Waals surface area (Å²) in [5.74, 6) is -1.25. The number of carbonyl (C=O) groups is 2. The zero-order chi connectivity index (χ0) is 22.3. The number of ether oxygens (including phenoxy) is 2. The van der Waals surface area contributed by atoms with Gasteiger partial charge in [-0.15, -0.1) is 0 Å². The highest BCUT2D eigenvalue weighted by Crippen LogP contribution is 2.29. The Labute approximate surface area is 177 Å². The third kappa shape index (κ3) is 10.8. The van der Waals surface area contributed by atoms with E-state index in [2.05, 4.69) is 13.5 Å². The number of carbonyl (C=O) groups excluding carboxylic acids is 2. The molecule has 3 N–H and O–H groups in total. The molecule has 29 heavy (non-hydrogen) atoms. The summed E-state index contributed by atoms with van der Waals surface area (Å²) in [6, 6.07) is 0. The molecule has 3 atom stereocenters. The molecule has 0 saturated heterocycles. The number of unbranched alkanes of at least 4 members (excludes halogenated alkanes) is 8. The molecular formula is C23H43NO5. The van der Waals surface area contributed by atoms with Crippen LogP contribution in [-0.4, -0.2) is 41.4 Å². The molecule has 3 unspecified atom stereocenters. The molecule has 0 aliphatic rings. The first kappa shape index (κ1) is 27.6. The van der Waals surface area contributed by atoms with Crippen LogP contribution in [-0.2, 0) is 19.1 Å². The van der Waals surface area contributed by atoms with Crippen molar-refractivity contribution in [2.45, 2.75) is 116 Å². The molecule has 6 heteroatoms. The lowest BCUT2D eigenvalue weighted by Gasteiger charge is -2.37. The van der Waals surface area contributed by atoms with Gasteiger partial charge in [0, 0.05) is 5.57 Å². The molecule has 6 nitrogen and oxygen atoms in total. The van der Waals surface area contributed by atoms with E-state index in [9.17, 15) is 14.7 Å². The van der Waals surface area contributed by atoms with E-state index in [4.69, 9.17) is 15.2 Å². The van der Waals surface area contributed by atoms with Gasteiger partial charge >= 0.3 is 5.97 Å². The summed E-state index contributed by atoms with van der Waals surface area (Å²) in [5, 5.41) is 9.60. The van der Waals surface area contributed by atoms with E-state index < -0.39 is 29.7 Å². The highest BCUT2D eigenvalue weighted by atomic mass is 16.6. The lowest BCUT2D eigenvalue weighted by atomic mass is 9.88. The summed E-state index contributed by atoms with van der Waals surface area (Å²) < 4.78 is 11.3. The van der Waals surface area contributed by atoms with Crippen molar-refractivity contribution >= 4 is 11.9 Å². The lowest BCUT2D eigenvalue weighted by molar-refractivity contribution is -0.184. The maximum absolute atomic E-state index is 12.3. The molecule has 0 rings (SSSR count). The number of aliphatic hydroxyl groups is 1. The van der Waals surface area contributed by atoms with Crippen LogP contribution in [0.5, 0.6) is 0 Å². The summed E-state index contributed by atoms with van der Waals surface area (Å²) in [6.07, 6.45) is 9.62. The third-order valence-electron chi connectivity index (χ3n) is 5.21. The number of nitrogens with two attached hydrogens (primary N) is 1. The van der Waals surface area contributed by atoms with E-state index in [0.717, 1.165) is 19.3 Å². The van der Waals surface area contributed by atoms with Gasteiger partial charge in [-0.05, 0) is 33.1 Å². The van der Waals surface area contributed by atoms with E-state index in [1.165, 1.54) is 38.5 Å². The molecule has 0 bridgehead atoms. The summed E-state index contributed by atoms with van der Waals surface area (Å²) in [5.41, 5.74) is 4.47. The summed E-state index contributed by atoms with van der Waals surface area (Å²) in [7, 11) is 0. The fourth-order valence-corrected chi connectivity index (χ4v) is 3.35. The van der Waals surface area contributed by atoms with Gasteiger partial charge in [-0.1, -0.05) is 71.8 Å². The van der Waals surface area contributed by atoms with Crippen LogP contribution in [0.4, 0.5) is 0 Å². The number of rotatable bonds is 18. The van der Waals surface area contributed by atoms with E-state index in [1.807, 2.05) is 0 Å². The average Bonchev–Trinajstić information content (AvgIpc) is 2.66. The van der Waals surface area contributed by atoms with Crippen LogP contribution in [0.2, 0.25) is 0 Å². The molecular weight excluding hydrogens is 370 g/mol. The molecule has 0 aromatic rings. The second kappa shape index (κ2) is 15.4. The SMILES string of the molecule is C=C(C)C(=O)OC(CCCCCCCCCCC)C(CC)(OCC(C)O)C(N)=O. The highest BCUT2D eigenvalue weighted by Gasteiger charge is 2.46. The molecule has 0 saturated carbocycles. The predicted octanol–water partition coefficient (Wildman–Crippen LogP) is 4.43. The van der Waals surface area contributed by atoms with Gasteiger partial charge in [-0.3, -0.25) is 4.79 Å². The first-order valence-corrected chi connectivity index (χ1v) is 11.2. The van der Waals surface area contributed by atoms with Crippen molar-refractivity contribution in [1.82, 2.24) is 0 Å². The van der Waals surface area contributed by atoms with Crippen molar-refractivity contribution in [1.29, 1.82) is 0 Å². The quantitative estimate of drug-likeness (QED) is 0.197. The van der Waals surface area contributed by atoms with E-state index >= 15 is 0 Å². The maximum atomic E-state index is 12.3. The monoisotopic (exact) mass is 413 g/mol. The second-order valence-corrected chi connectivity index (χ2v) is 8.06. The zero-order valence-electron chi connectivity index (χ0n) is 19.0. The van der Waals surface area contributed by atoms with Crippen molar-refractivity contribution in [3.8, 4) is 0 Å². The molecule has 1 amide bonds. The first-order valence-electron chi connectivity index (χ1n) is 11.2. The number of primary amides is 1. The molecule has 0 radical (unpaired) electrons. The van der Waals surface area contributed by atoms with Gasteiger partial charge in [-0.25, -0.2) is 4.79 Å². The van der Waals surface area contributed by atoms with Crippen LogP contribution in [0, 0.1) is 0 Å². The largest absolute Gasteiger partial charge is 0.455 e. The Bertz CT molecular complexity index is 492. The van der Waals surface area contributed by atoms with Crippen LogP contribution in [0.1, 0.15) is 98.3 Å². The highest BCUT2D eigenvalue weighted by molar-refractivity contribution is 5.88. The topological polar surface area (TPSA) is 98.8 Å². The van der Waals surface area contributed by atoms with Crippen LogP contribution >= 0.6 is 0 Å². The normalized spacial score (nSPS) is 15.3. The molecule has 0 aromatic carbocycles. The molecule has 0 aromatic heterocycles. The van der Waals surface area contributed by atoms with Crippen molar-refractivity contribution in [2.24, 2.45) is 5.73 Å². The minimum absolute atomic E-state index is 0.0599. The van der Waals surface area contributed by atoms with Gasteiger partial charge in [0.2, 0.25) is 0 Å². The minimum atomic E-state index is -1.46. The van der Waals surface area contributed by atoms with Crippen LogP contribution < -0.4 is 5.73 Å². The Morgan fingerprint density at radius 3 is 1.97 bits per heavy atom. The first-order chi connectivity index (χ1) is 13.7. The van der Waals surface area contributed by atoms with Crippen molar-refractivity contribution in [3.05, 3.63) is 12.2 Å². The number of hydrogen-bond acceptors (Lipinski definition) is 5. The van der Waals surface area contributed by atoms with Crippen LogP contribution in [0.25, 0.3) is 0 Å². The van der Waals surface area contributed by atoms with Gasteiger partial charge in [-0.2, -0.15) is 0 Å². The average molecular weight is 414 g/mol. The Balaban J connectivity index is 4.91. The summed E-state index contributed by atoms with van der Waals surface area (Å²) in [4.78, 5) is 24.5. The lowest BCUT2D eigenvalue weighted by Crippen LogP contribution is -2.57. The van der Waals surface area contributed by atoms with Gasteiger partial charge < -0.3 is 20.3 Å². The number of hydrogen-bond donors (Lipinski definition) is 2. The maximum Gasteiger partial charge on any atom is 0.333 e. The number of esters is 1. The van der Waals surface area contributed by atoms with Gasteiger partial charge in [0.1, 0.15) is 6.10 Å². The van der Waals surface area contributed by atoms with Gasteiger partial charge in [0.15, 0.2) is 5.60 Å². The Morgan fingerprint density at radius 2 is 1.55 bits per heavy atom. The van der Waals surface area contributed by atoms with Crippen LogP contribution in [0.15, 0.2) is 12.2 Å². The Kier molecular flexibility index (Phi) is 14.7. The molecule has 0 heterocycles. The molecule has 0 fully saturated rings. The van der Waals surface area contributed by atoms with E-state index in [0.29, 0.717) is 6.42 Å². The minimum Gasteiger partial charge on any atom is -0.455 e. The smallest absolute Gasteiger partial charge is 0.333 e. The van der Waals surface area contributed by atoms with Crippen molar-refractivity contribution in [2.75, 3.05) is 6.61 Å². The Morgan fingerprint density at radius 1 is 1.03 bits per heavy atom. The van der Waals surface area contributed by atoms with Crippen LogP contribution in [0.3, 0.4) is 0 Å². The fraction of sp³-hybridized carbons (Fsp3) is 0.826. The number of aliphatic hydroxyl groups excluding tert-OH is 1. The number of amides is 1. The van der Waals surface area contributed by atoms with E-state index in [1.54, 1.807) is 20.8 Å². The molecule has 0 spiro atoms. The predicted molar refractivity (Wildman–Crippen MR) is 116 cm³/mol. The van der Waals surface area contributed by atoms with Crippen molar-refractivity contribution in [3.63, 3.8) is 0 Å².